The van der Waals surface area contributed by atoms with Gasteiger partial charge in [-0.1, -0.05) is 18.2 Å². The third kappa shape index (κ3) is 2.86. The predicted octanol–water partition coefficient (Wildman–Crippen LogP) is 5.55. The van der Waals surface area contributed by atoms with Crippen molar-refractivity contribution in [2.24, 2.45) is 0 Å². The fraction of sp³-hybridized carbons (Fsp3) is 0. The highest BCUT2D eigenvalue weighted by molar-refractivity contribution is 6.17. The van der Waals surface area contributed by atoms with Crippen molar-refractivity contribution >= 4 is 44.2 Å². The Morgan fingerprint density at radius 2 is 1.69 bits per heavy atom. The van der Waals surface area contributed by atoms with Gasteiger partial charge < -0.3 is 15.5 Å². The molecule has 6 heteroatoms. The zero-order valence-electron chi connectivity index (χ0n) is 15.0. The minimum atomic E-state index is -0.833. The van der Waals surface area contributed by atoms with Crippen LogP contribution in [0, 0.1) is 11.6 Å². The number of hydrogen-bond acceptors (Lipinski definition) is 3. The van der Waals surface area contributed by atoms with E-state index in [-0.39, 0.29) is 22.8 Å². The molecule has 0 saturated heterocycles. The standard InChI is InChI=1S/C23H14F2N2O2/c24-13-3-8-21-18(9-13)16-6-2-12-1-5-15(11-17(12)22(16)27-21)29-23(28)19-10-14(26)4-7-20(19)25/h1-11,27H,26H2. The van der Waals surface area contributed by atoms with Gasteiger partial charge in [-0.25, -0.2) is 13.6 Å². The number of nitrogens with one attached hydrogen (secondary N) is 1. The molecule has 5 aromatic rings. The Labute approximate surface area is 163 Å². The average Bonchev–Trinajstić information content (AvgIpc) is 3.08. The third-order valence-corrected chi connectivity index (χ3v) is 4.95. The molecule has 3 N–H and O–H groups in total. The van der Waals surface area contributed by atoms with Gasteiger partial charge in [0.05, 0.1) is 11.1 Å². The first-order chi connectivity index (χ1) is 14.0. The number of halogens is 2. The van der Waals surface area contributed by atoms with Crippen molar-refractivity contribution in [1.29, 1.82) is 0 Å². The summed E-state index contributed by atoms with van der Waals surface area (Å²) in [6.07, 6.45) is 0. The van der Waals surface area contributed by atoms with Crippen molar-refractivity contribution in [3.8, 4) is 5.75 Å². The van der Waals surface area contributed by atoms with Gasteiger partial charge in [-0.3, -0.25) is 0 Å². The van der Waals surface area contributed by atoms with Gasteiger partial charge in [0.15, 0.2) is 0 Å². The Morgan fingerprint density at radius 3 is 2.55 bits per heavy atom. The molecule has 5 rings (SSSR count). The van der Waals surface area contributed by atoms with E-state index >= 15 is 0 Å². The summed E-state index contributed by atoms with van der Waals surface area (Å²) in [7, 11) is 0. The quantitative estimate of drug-likeness (QED) is 0.237. The minimum absolute atomic E-state index is 0.232. The normalized spacial score (nSPS) is 11.4. The molecule has 29 heavy (non-hydrogen) atoms. The molecule has 0 aliphatic rings. The highest BCUT2D eigenvalue weighted by Crippen LogP contribution is 2.33. The highest BCUT2D eigenvalue weighted by atomic mass is 19.1. The zero-order valence-corrected chi connectivity index (χ0v) is 15.0. The summed E-state index contributed by atoms with van der Waals surface area (Å²) < 4.78 is 33.0. The van der Waals surface area contributed by atoms with Crippen molar-refractivity contribution in [1.82, 2.24) is 4.98 Å². The van der Waals surface area contributed by atoms with Crippen molar-refractivity contribution in [2.45, 2.75) is 0 Å². The Hall–Kier alpha value is -3.93. The highest BCUT2D eigenvalue weighted by Gasteiger charge is 2.16. The lowest BCUT2D eigenvalue weighted by molar-refractivity contribution is 0.0730. The SMILES string of the molecule is Nc1ccc(F)c(C(=O)Oc2ccc3ccc4c5cc(F)ccc5[nH]c4c3c2)c1. The lowest BCUT2D eigenvalue weighted by atomic mass is 10.1. The first-order valence-electron chi connectivity index (χ1n) is 8.90. The van der Waals surface area contributed by atoms with E-state index in [0.29, 0.717) is 0 Å². The van der Waals surface area contributed by atoms with E-state index in [1.807, 2.05) is 12.1 Å². The second-order valence-corrected chi connectivity index (χ2v) is 6.81. The van der Waals surface area contributed by atoms with Crippen molar-refractivity contribution in [2.75, 3.05) is 5.73 Å². The number of hydrogen-bond donors (Lipinski definition) is 2. The molecule has 4 nitrogen and oxygen atoms in total. The van der Waals surface area contributed by atoms with Crippen LogP contribution in [0.1, 0.15) is 10.4 Å². The second kappa shape index (κ2) is 6.31. The molecule has 0 saturated carbocycles. The first kappa shape index (κ1) is 17.2. The van der Waals surface area contributed by atoms with Crippen molar-refractivity contribution < 1.29 is 18.3 Å². The molecule has 0 amide bonds. The number of nitrogens with two attached hydrogens (primary N) is 1. The molecule has 0 aliphatic heterocycles. The number of H-pyrrole nitrogens is 1. The number of ether oxygens (including phenoxy) is 1. The van der Waals surface area contributed by atoms with Crippen LogP contribution in [-0.2, 0) is 0 Å². The van der Waals surface area contributed by atoms with Gasteiger partial charge in [0.1, 0.15) is 17.4 Å². The van der Waals surface area contributed by atoms with Crippen molar-refractivity contribution in [3.05, 3.63) is 83.9 Å². The summed E-state index contributed by atoms with van der Waals surface area (Å²) in [5, 5.41) is 3.35. The number of benzene rings is 4. The number of fused-ring (bicyclic) bond motifs is 5. The van der Waals surface area contributed by atoms with Crippen LogP contribution in [0.3, 0.4) is 0 Å². The van der Waals surface area contributed by atoms with E-state index in [4.69, 9.17) is 10.5 Å². The van der Waals surface area contributed by atoms with Gasteiger partial charge in [0, 0.05) is 27.4 Å². The van der Waals surface area contributed by atoms with Crippen LogP contribution in [0.25, 0.3) is 32.6 Å². The molecule has 0 atom stereocenters. The molecule has 4 aromatic carbocycles. The number of rotatable bonds is 2. The van der Waals surface area contributed by atoms with Crippen LogP contribution in [-0.4, -0.2) is 11.0 Å². The Bertz CT molecular complexity index is 1440. The number of esters is 1. The molecule has 142 valence electrons. The third-order valence-electron chi connectivity index (χ3n) is 4.95. The Morgan fingerprint density at radius 1 is 0.862 bits per heavy atom. The number of aromatic nitrogens is 1. The number of anilines is 1. The van der Waals surface area contributed by atoms with Crippen LogP contribution >= 0.6 is 0 Å². The average molecular weight is 388 g/mol. The van der Waals surface area contributed by atoms with Crippen LogP contribution in [0.5, 0.6) is 5.75 Å². The second-order valence-electron chi connectivity index (χ2n) is 6.81. The van der Waals surface area contributed by atoms with Gasteiger partial charge in [-0.15, -0.1) is 0 Å². The van der Waals surface area contributed by atoms with E-state index < -0.39 is 11.8 Å². The largest absolute Gasteiger partial charge is 0.423 e. The summed E-state index contributed by atoms with van der Waals surface area (Å²) in [6.45, 7) is 0. The fourth-order valence-corrected chi connectivity index (χ4v) is 3.57. The first-order valence-corrected chi connectivity index (χ1v) is 8.90. The van der Waals surface area contributed by atoms with E-state index in [9.17, 15) is 13.6 Å². The fourth-order valence-electron chi connectivity index (χ4n) is 3.57. The van der Waals surface area contributed by atoms with E-state index in [2.05, 4.69) is 4.98 Å². The molecule has 1 aromatic heterocycles. The zero-order chi connectivity index (χ0) is 20.1. The maximum absolute atomic E-state index is 13.9. The molecular formula is C23H14F2N2O2. The lowest BCUT2D eigenvalue weighted by Crippen LogP contribution is -2.11. The molecule has 0 radical (unpaired) electrons. The Kier molecular flexibility index (Phi) is 3.74. The van der Waals surface area contributed by atoms with Gasteiger partial charge in [0.2, 0.25) is 0 Å². The van der Waals surface area contributed by atoms with Gasteiger partial charge in [-0.05, 0) is 53.9 Å². The molecular weight excluding hydrogens is 374 g/mol. The molecule has 0 bridgehead atoms. The topological polar surface area (TPSA) is 68.1 Å². The smallest absolute Gasteiger partial charge is 0.346 e. The van der Waals surface area contributed by atoms with Gasteiger partial charge in [-0.2, -0.15) is 0 Å². The van der Waals surface area contributed by atoms with Crippen LogP contribution in [0.2, 0.25) is 0 Å². The molecule has 1 heterocycles. The number of carbonyl (C=O) groups excluding carboxylic acids is 1. The molecule has 0 unspecified atom stereocenters. The minimum Gasteiger partial charge on any atom is -0.423 e. The Balaban J connectivity index is 1.62. The van der Waals surface area contributed by atoms with Crippen LogP contribution in [0.15, 0.2) is 66.7 Å². The van der Waals surface area contributed by atoms with Gasteiger partial charge in [0.25, 0.3) is 0 Å². The summed E-state index contributed by atoms with van der Waals surface area (Å²) in [5.74, 6) is -1.59. The van der Waals surface area contributed by atoms with E-state index in [0.717, 1.165) is 38.6 Å². The maximum atomic E-state index is 13.9. The summed E-state index contributed by atoms with van der Waals surface area (Å²) in [6, 6.07) is 17.3. The van der Waals surface area contributed by atoms with Crippen LogP contribution < -0.4 is 10.5 Å². The van der Waals surface area contributed by atoms with E-state index in [1.54, 1.807) is 24.3 Å². The molecule has 0 fully saturated rings. The number of nitrogen functional groups attached to an aromatic ring is 1. The van der Waals surface area contributed by atoms with Crippen molar-refractivity contribution in [3.63, 3.8) is 0 Å². The monoisotopic (exact) mass is 388 g/mol. The summed E-state index contributed by atoms with van der Waals surface area (Å²) in [5.41, 5.74) is 7.28. The number of carbonyl (C=O) groups is 1. The summed E-state index contributed by atoms with van der Waals surface area (Å²) >= 11 is 0. The summed E-state index contributed by atoms with van der Waals surface area (Å²) in [4.78, 5) is 15.7. The molecule has 0 spiro atoms. The number of aromatic amines is 1. The van der Waals surface area contributed by atoms with Gasteiger partial charge >= 0.3 is 5.97 Å². The van der Waals surface area contributed by atoms with E-state index in [1.165, 1.54) is 24.3 Å². The van der Waals surface area contributed by atoms with Crippen LogP contribution in [0.4, 0.5) is 14.5 Å². The predicted molar refractivity (Wildman–Crippen MR) is 109 cm³/mol. The molecule has 0 aliphatic carbocycles. The maximum Gasteiger partial charge on any atom is 0.346 e. The lowest BCUT2D eigenvalue weighted by Gasteiger charge is -2.08.